The smallest absolute Gasteiger partial charge is 0.166 e. The maximum Gasteiger partial charge on any atom is 0.166 e. The van der Waals surface area contributed by atoms with Gasteiger partial charge in [-0.2, -0.15) is 0 Å². The second-order valence-electron chi connectivity index (χ2n) is 7.68. The molecule has 0 radical (unpaired) electrons. The zero-order valence-electron chi connectivity index (χ0n) is 20.3. The Morgan fingerprint density at radius 3 is 2.46 bits per heavy atom. The highest BCUT2D eigenvalue weighted by Gasteiger charge is 2.18. The average molecular weight is 505 g/mol. The van der Waals surface area contributed by atoms with E-state index in [9.17, 15) is 9.59 Å². The van der Waals surface area contributed by atoms with Gasteiger partial charge in [0.25, 0.3) is 0 Å². The standard InChI is InChI=1S/C26H33ClN2O6/c1-18(21(30)8-4-19-6-10-23(34-14-12-28)25(16-19)32-2)22(31)9-5-20-7-11-24(26(17-20)33-3)35-15-13-29-27/h4-6,8-10,16-18,29H,7,11-15,28H2,1-3H3/b8-4+,9-5+. The molecule has 0 aliphatic heterocycles. The first-order chi connectivity index (χ1) is 16.9. The minimum absolute atomic E-state index is 0.276. The maximum atomic E-state index is 12.6. The number of hydrogen-bond acceptors (Lipinski definition) is 8. The SMILES string of the molecule is COC1=C(OCCNCl)CCC(/C=C/C(=O)C(C)C(=O)/C=C/c2ccc(OCCN)c(OC)c2)=C1. The van der Waals surface area contributed by atoms with Crippen LogP contribution in [0.1, 0.15) is 25.3 Å². The molecule has 0 heterocycles. The molecule has 35 heavy (non-hydrogen) atoms. The first kappa shape index (κ1) is 28.2. The van der Waals surface area contributed by atoms with Gasteiger partial charge >= 0.3 is 0 Å². The molecule has 8 nitrogen and oxygen atoms in total. The van der Waals surface area contributed by atoms with Crippen LogP contribution < -0.4 is 20.0 Å². The number of methoxy groups -OCH3 is 2. The quantitative estimate of drug-likeness (QED) is 0.161. The van der Waals surface area contributed by atoms with Gasteiger partial charge in [0.1, 0.15) is 19.0 Å². The molecule has 1 aromatic carbocycles. The number of nitrogens with one attached hydrogen (secondary N) is 1. The normalized spacial score (nSPS) is 14.7. The highest BCUT2D eigenvalue weighted by atomic mass is 35.5. The highest BCUT2D eigenvalue weighted by molar-refractivity contribution is 6.13. The van der Waals surface area contributed by atoms with Gasteiger partial charge in [-0.1, -0.05) is 18.2 Å². The number of nitrogens with two attached hydrogens (primary N) is 1. The molecule has 0 saturated heterocycles. The number of ether oxygens (including phenoxy) is 4. The van der Waals surface area contributed by atoms with Gasteiger partial charge in [-0.15, -0.1) is 0 Å². The van der Waals surface area contributed by atoms with Gasteiger partial charge < -0.3 is 24.7 Å². The summed E-state index contributed by atoms with van der Waals surface area (Å²) in [6.07, 6.45) is 9.36. The fraction of sp³-hybridized carbons (Fsp3) is 0.385. The molecule has 0 amide bonds. The molecule has 0 aromatic heterocycles. The van der Waals surface area contributed by atoms with Gasteiger partial charge in [-0.05, 0) is 66.6 Å². The van der Waals surface area contributed by atoms with E-state index >= 15 is 0 Å². The van der Waals surface area contributed by atoms with Crippen molar-refractivity contribution in [2.75, 3.05) is 40.5 Å². The Balaban J connectivity index is 1.99. The first-order valence-electron chi connectivity index (χ1n) is 11.3. The topological polar surface area (TPSA) is 109 Å². The number of carbonyl (C=O) groups is 2. The minimum atomic E-state index is -0.805. The molecule has 1 aliphatic rings. The van der Waals surface area contributed by atoms with E-state index in [1.807, 2.05) is 6.08 Å². The monoisotopic (exact) mass is 504 g/mol. The van der Waals surface area contributed by atoms with E-state index < -0.39 is 5.92 Å². The van der Waals surface area contributed by atoms with Gasteiger partial charge in [-0.3, -0.25) is 9.59 Å². The van der Waals surface area contributed by atoms with Crippen LogP contribution in [0.3, 0.4) is 0 Å². The predicted molar refractivity (Wildman–Crippen MR) is 136 cm³/mol. The van der Waals surface area contributed by atoms with E-state index in [-0.39, 0.29) is 11.6 Å². The summed E-state index contributed by atoms with van der Waals surface area (Å²) in [5.41, 5.74) is 7.13. The van der Waals surface area contributed by atoms with E-state index in [0.29, 0.717) is 56.4 Å². The molecule has 1 aliphatic carbocycles. The molecule has 9 heteroatoms. The Morgan fingerprint density at radius 1 is 1.06 bits per heavy atom. The van der Waals surface area contributed by atoms with E-state index in [0.717, 1.165) is 16.9 Å². The van der Waals surface area contributed by atoms with Crippen molar-refractivity contribution in [3.05, 3.63) is 65.2 Å². The fourth-order valence-electron chi connectivity index (χ4n) is 3.23. The molecule has 0 spiro atoms. The summed E-state index contributed by atoms with van der Waals surface area (Å²) in [4.78, 5) is 27.6. The second kappa shape index (κ2) is 15.0. The van der Waals surface area contributed by atoms with E-state index in [1.54, 1.807) is 44.4 Å². The van der Waals surface area contributed by atoms with Crippen molar-refractivity contribution < 1.29 is 28.5 Å². The summed E-state index contributed by atoms with van der Waals surface area (Å²) in [7, 11) is 3.10. The summed E-state index contributed by atoms with van der Waals surface area (Å²) >= 11 is 5.44. The number of carbonyl (C=O) groups excluding carboxylic acids is 2. The zero-order valence-corrected chi connectivity index (χ0v) is 21.1. The van der Waals surface area contributed by atoms with Crippen LogP contribution in [0.5, 0.6) is 11.5 Å². The lowest BCUT2D eigenvalue weighted by Gasteiger charge is -2.18. The molecule has 190 valence electrons. The molecule has 2 rings (SSSR count). The van der Waals surface area contributed by atoms with Crippen LogP contribution in [0.4, 0.5) is 0 Å². The first-order valence-corrected chi connectivity index (χ1v) is 11.7. The van der Waals surface area contributed by atoms with Crippen LogP contribution >= 0.6 is 11.8 Å². The lowest BCUT2D eigenvalue weighted by molar-refractivity contribution is -0.126. The number of allylic oxidation sites excluding steroid dienone is 6. The third-order valence-corrected chi connectivity index (χ3v) is 5.43. The minimum Gasteiger partial charge on any atom is -0.493 e. The Bertz CT molecular complexity index is 1000. The van der Waals surface area contributed by atoms with Crippen LogP contribution in [0, 0.1) is 5.92 Å². The van der Waals surface area contributed by atoms with Gasteiger partial charge in [0, 0.05) is 19.5 Å². The van der Waals surface area contributed by atoms with Crippen LogP contribution in [0.25, 0.3) is 6.08 Å². The summed E-state index contributed by atoms with van der Waals surface area (Å²) in [6, 6.07) is 5.30. The summed E-state index contributed by atoms with van der Waals surface area (Å²) in [5, 5.41) is 0. The van der Waals surface area contributed by atoms with Crippen molar-refractivity contribution in [2.45, 2.75) is 19.8 Å². The molecule has 0 saturated carbocycles. The third kappa shape index (κ3) is 8.90. The predicted octanol–water partition coefficient (Wildman–Crippen LogP) is 3.71. The largest absolute Gasteiger partial charge is 0.493 e. The van der Waals surface area contributed by atoms with E-state index in [4.69, 9.17) is 36.5 Å². The maximum absolute atomic E-state index is 12.6. The van der Waals surface area contributed by atoms with Crippen LogP contribution in [-0.4, -0.2) is 52.1 Å². The lowest BCUT2D eigenvalue weighted by atomic mass is 9.97. The van der Waals surface area contributed by atoms with Crippen molar-refractivity contribution in [3.8, 4) is 11.5 Å². The van der Waals surface area contributed by atoms with Crippen LogP contribution in [-0.2, 0) is 19.1 Å². The van der Waals surface area contributed by atoms with Gasteiger partial charge in [0.05, 0.1) is 20.1 Å². The fourth-order valence-corrected chi connectivity index (χ4v) is 3.31. The molecule has 0 bridgehead atoms. The van der Waals surface area contributed by atoms with Crippen LogP contribution in [0.2, 0.25) is 0 Å². The Hall–Kier alpha value is -3.07. The van der Waals surface area contributed by atoms with Crippen LogP contribution in [0.15, 0.2) is 59.6 Å². The Kier molecular flexibility index (Phi) is 12.1. The molecule has 3 N–H and O–H groups in total. The van der Waals surface area contributed by atoms with Crippen molar-refractivity contribution in [1.82, 2.24) is 4.84 Å². The summed E-state index contributed by atoms with van der Waals surface area (Å²) in [6.45, 7) is 3.29. The number of benzene rings is 1. The lowest BCUT2D eigenvalue weighted by Crippen LogP contribution is -2.17. The molecule has 1 aromatic rings. The van der Waals surface area contributed by atoms with Crippen molar-refractivity contribution in [1.29, 1.82) is 0 Å². The average Bonchev–Trinajstić information content (AvgIpc) is 2.89. The molecule has 1 atom stereocenters. The zero-order chi connectivity index (χ0) is 25.6. The van der Waals surface area contributed by atoms with Gasteiger partial charge in [0.2, 0.25) is 0 Å². The van der Waals surface area contributed by atoms with Crippen molar-refractivity contribution >= 4 is 29.4 Å². The van der Waals surface area contributed by atoms with Gasteiger partial charge in [-0.25, -0.2) is 4.84 Å². The number of hydrogen-bond donors (Lipinski definition) is 2. The number of ketones is 2. The van der Waals surface area contributed by atoms with E-state index in [1.165, 1.54) is 19.3 Å². The Labute approximate surface area is 211 Å². The molecular weight excluding hydrogens is 472 g/mol. The van der Waals surface area contributed by atoms with Gasteiger partial charge in [0.15, 0.2) is 28.8 Å². The molecule has 0 fully saturated rings. The Morgan fingerprint density at radius 2 is 1.80 bits per heavy atom. The summed E-state index contributed by atoms with van der Waals surface area (Å²) < 4.78 is 21.9. The highest BCUT2D eigenvalue weighted by Crippen LogP contribution is 2.29. The number of rotatable bonds is 15. The van der Waals surface area contributed by atoms with E-state index in [2.05, 4.69) is 4.84 Å². The molecular formula is C26H33ClN2O6. The third-order valence-electron chi connectivity index (χ3n) is 5.24. The summed E-state index contributed by atoms with van der Waals surface area (Å²) in [5.74, 6) is 1.09. The number of halogens is 1. The van der Waals surface area contributed by atoms with Crippen molar-refractivity contribution in [3.63, 3.8) is 0 Å². The second-order valence-corrected chi connectivity index (χ2v) is 7.95. The molecule has 1 unspecified atom stereocenters. The van der Waals surface area contributed by atoms with Crippen molar-refractivity contribution in [2.24, 2.45) is 11.7 Å².